The topological polar surface area (TPSA) is 66.4 Å². The molecule has 1 aliphatic carbocycles. The summed E-state index contributed by atoms with van der Waals surface area (Å²) >= 11 is 0. The number of rotatable bonds is 2. The average molecular weight is 183 g/mol. The maximum atomic E-state index is 10.7. The van der Waals surface area contributed by atoms with Crippen LogP contribution in [0.25, 0.3) is 0 Å². The molecule has 1 rings (SSSR count). The first-order chi connectivity index (χ1) is 6.00. The fourth-order valence-electron chi connectivity index (χ4n) is 1.64. The van der Waals surface area contributed by atoms with E-state index in [4.69, 9.17) is 5.11 Å². The smallest absolute Gasteiger partial charge is 0.331 e. The van der Waals surface area contributed by atoms with Crippen molar-refractivity contribution in [3.05, 3.63) is 11.1 Å². The lowest BCUT2D eigenvalue weighted by molar-refractivity contribution is -0.133. The van der Waals surface area contributed by atoms with Gasteiger partial charge in [-0.2, -0.15) is 0 Å². The molecule has 72 valence electrons. The molecule has 0 fully saturated rings. The third-order valence-corrected chi connectivity index (χ3v) is 2.18. The van der Waals surface area contributed by atoms with Gasteiger partial charge in [-0.3, -0.25) is 4.79 Å². The molecule has 4 nitrogen and oxygen atoms in total. The van der Waals surface area contributed by atoms with Gasteiger partial charge in [0.25, 0.3) is 0 Å². The summed E-state index contributed by atoms with van der Waals surface area (Å²) in [6.07, 6.45) is 1.10. The summed E-state index contributed by atoms with van der Waals surface area (Å²) in [5.74, 6) is -0.977. The molecule has 0 heterocycles. The van der Waals surface area contributed by atoms with E-state index >= 15 is 0 Å². The second-order valence-electron chi connectivity index (χ2n) is 3.37. The van der Waals surface area contributed by atoms with E-state index in [0.717, 1.165) is 5.57 Å². The van der Waals surface area contributed by atoms with Gasteiger partial charge in [-0.05, 0) is 13.3 Å². The minimum absolute atomic E-state index is 0.0244. The van der Waals surface area contributed by atoms with Crippen LogP contribution >= 0.6 is 0 Å². The van der Waals surface area contributed by atoms with E-state index in [-0.39, 0.29) is 11.9 Å². The second-order valence-corrected chi connectivity index (χ2v) is 3.37. The molecule has 1 amide bonds. The number of carboxylic acid groups (broad SMARTS) is 1. The van der Waals surface area contributed by atoms with Crippen LogP contribution in [0.2, 0.25) is 0 Å². The number of amides is 1. The van der Waals surface area contributed by atoms with Crippen LogP contribution in [0.15, 0.2) is 11.1 Å². The molecule has 0 bridgehead atoms. The zero-order chi connectivity index (χ0) is 10.0. The quantitative estimate of drug-likeness (QED) is 0.661. The Bertz CT molecular complexity index is 281. The summed E-state index contributed by atoms with van der Waals surface area (Å²) in [6, 6.07) is -0.0244. The highest BCUT2D eigenvalue weighted by Crippen LogP contribution is 2.25. The molecule has 0 saturated heterocycles. The van der Waals surface area contributed by atoms with E-state index in [1.165, 1.54) is 6.92 Å². The van der Waals surface area contributed by atoms with Crippen LogP contribution in [-0.2, 0) is 9.59 Å². The Morgan fingerprint density at radius 3 is 2.46 bits per heavy atom. The van der Waals surface area contributed by atoms with Crippen molar-refractivity contribution in [3.8, 4) is 0 Å². The predicted molar refractivity (Wildman–Crippen MR) is 47.2 cm³/mol. The molecule has 4 heteroatoms. The zero-order valence-electron chi connectivity index (χ0n) is 7.76. The fourth-order valence-corrected chi connectivity index (χ4v) is 1.64. The molecule has 0 aromatic heterocycles. The minimum atomic E-state index is -0.870. The number of hydrogen-bond donors (Lipinski definition) is 2. The first kappa shape index (κ1) is 9.77. The average Bonchev–Trinajstić information content (AvgIpc) is 2.29. The highest BCUT2D eigenvalue weighted by Gasteiger charge is 2.25. The van der Waals surface area contributed by atoms with Crippen molar-refractivity contribution in [1.82, 2.24) is 5.32 Å². The monoisotopic (exact) mass is 183 g/mol. The molecule has 1 aliphatic rings. The van der Waals surface area contributed by atoms with Gasteiger partial charge in [0.2, 0.25) is 5.91 Å². The number of aliphatic carboxylic acids is 1. The molecule has 1 unspecified atom stereocenters. The maximum Gasteiger partial charge on any atom is 0.331 e. The molecule has 0 radical (unpaired) electrons. The van der Waals surface area contributed by atoms with E-state index in [9.17, 15) is 9.59 Å². The lowest BCUT2D eigenvalue weighted by atomic mass is 10.2. The van der Waals surface area contributed by atoms with Crippen LogP contribution in [0.1, 0.15) is 26.7 Å². The Morgan fingerprint density at radius 2 is 2.08 bits per heavy atom. The first-order valence-electron chi connectivity index (χ1n) is 4.19. The Kier molecular flexibility index (Phi) is 2.70. The lowest BCUT2D eigenvalue weighted by Crippen LogP contribution is -2.31. The third-order valence-electron chi connectivity index (χ3n) is 2.18. The van der Waals surface area contributed by atoms with E-state index in [0.29, 0.717) is 18.4 Å². The van der Waals surface area contributed by atoms with Crippen LogP contribution < -0.4 is 5.32 Å². The largest absolute Gasteiger partial charge is 0.478 e. The van der Waals surface area contributed by atoms with Gasteiger partial charge in [0, 0.05) is 25.0 Å². The summed E-state index contributed by atoms with van der Waals surface area (Å²) in [5.41, 5.74) is 1.31. The van der Waals surface area contributed by atoms with Crippen molar-refractivity contribution < 1.29 is 14.7 Å². The molecule has 0 aliphatic heterocycles. The van der Waals surface area contributed by atoms with E-state index in [2.05, 4.69) is 5.32 Å². The summed E-state index contributed by atoms with van der Waals surface area (Å²) in [5, 5.41) is 11.5. The van der Waals surface area contributed by atoms with Crippen LogP contribution in [-0.4, -0.2) is 23.0 Å². The van der Waals surface area contributed by atoms with Crippen molar-refractivity contribution in [2.75, 3.05) is 0 Å². The van der Waals surface area contributed by atoms with E-state index in [1.54, 1.807) is 6.92 Å². The lowest BCUT2D eigenvalue weighted by Gasteiger charge is -2.09. The molecule has 0 aromatic carbocycles. The highest BCUT2D eigenvalue weighted by molar-refractivity contribution is 5.88. The molecule has 1 atom stereocenters. The van der Waals surface area contributed by atoms with E-state index in [1.807, 2.05) is 0 Å². The van der Waals surface area contributed by atoms with Crippen LogP contribution in [0, 0.1) is 0 Å². The van der Waals surface area contributed by atoms with Crippen molar-refractivity contribution in [3.63, 3.8) is 0 Å². The van der Waals surface area contributed by atoms with Gasteiger partial charge in [-0.15, -0.1) is 0 Å². The van der Waals surface area contributed by atoms with Gasteiger partial charge in [-0.25, -0.2) is 4.79 Å². The fraction of sp³-hybridized carbons (Fsp3) is 0.556. The van der Waals surface area contributed by atoms with Gasteiger partial charge in [0.05, 0.1) is 0 Å². The normalized spacial score (nSPS) is 21.8. The number of nitrogens with one attached hydrogen (secondary N) is 1. The van der Waals surface area contributed by atoms with Crippen LogP contribution in [0.3, 0.4) is 0 Å². The molecule has 0 spiro atoms. The number of carbonyl (C=O) groups is 2. The Balaban J connectivity index is 2.59. The van der Waals surface area contributed by atoms with Gasteiger partial charge in [0.1, 0.15) is 0 Å². The summed E-state index contributed by atoms with van der Waals surface area (Å²) in [7, 11) is 0. The predicted octanol–water partition coefficient (Wildman–Crippen LogP) is 0.686. The van der Waals surface area contributed by atoms with Crippen molar-refractivity contribution in [1.29, 1.82) is 0 Å². The molecular weight excluding hydrogens is 170 g/mol. The molecule has 0 saturated carbocycles. The molecular formula is C9H13NO3. The molecule has 2 N–H and O–H groups in total. The summed E-state index contributed by atoms with van der Waals surface area (Å²) < 4.78 is 0. The second kappa shape index (κ2) is 3.60. The minimum Gasteiger partial charge on any atom is -0.478 e. The van der Waals surface area contributed by atoms with Gasteiger partial charge in [0.15, 0.2) is 0 Å². The van der Waals surface area contributed by atoms with Gasteiger partial charge < -0.3 is 10.4 Å². The standard InChI is InChI=1S/C9H13NO3/c1-5-3-7(10-6(2)11)4-8(5)9(12)13/h7H,3-4H2,1-2H3,(H,10,11)(H,12,13). The Morgan fingerprint density at radius 1 is 1.46 bits per heavy atom. The third kappa shape index (κ3) is 2.31. The van der Waals surface area contributed by atoms with Crippen LogP contribution in [0.4, 0.5) is 0 Å². The molecule has 13 heavy (non-hydrogen) atoms. The van der Waals surface area contributed by atoms with E-state index < -0.39 is 5.97 Å². The van der Waals surface area contributed by atoms with Crippen molar-refractivity contribution in [2.45, 2.75) is 32.7 Å². The van der Waals surface area contributed by atoms with Crippen LogP contribution in [0.5, 0.6) is 0 Å². The SMILES string of the molecule is CC(=O)NC1CC(C)=C(C(=O)O)C1. The highest BCUT2D eigenvalue weighted by atomic mass is 16.4. The van der Waals surface area contributed by atoms with Gasteiger partial charge in [-0.1, -0.05) is 5.57 Å². The number of carboxylic acids is 1. The van der Waals surface area contributed by atoms with Crippen molar-refractivity contribution >= 4 is 11.9 Å². The Labute approximate surface area is 76.6 Å². The zero-order valence-corrected chi connectivity index (χ0v) is 7.76. The Hall–Kier alpha value is -1.32. The summed E-state index contributed by atoms with van der Waals surface area (Å²) in [6.45, 7) is 3.24. The van der Waals surface area contributed by atoms with Crippen molar-refractivity contribution in [2.24, 2.45) is 0 Å². The first-order valence-corrected chi connectivity index (χ1v) is 4.19. The maximum absolute atomic E-state index is 10.7. The number of carbonyl (C=O) groups excluding carboxylic acids is 1. The number of hydrogen-bond acceptors (Lipinski definition) is 2. The van der Waals surface area contributed by atoms with Gasteiger partial charge >= 0.3 is 5.97 Å². The molecule has 0 aromatic rings. The summed E-state index contributed by atoms with van der Waals surface area (Å²) in [4.78, 5) is 21.4.